The zero-order chi connectivity index (χ0) is 16.4. The number of hydrogen-bond donors (Lipinski definition) is 2. The zero-order valence-electron chi connectivity index (χ0n) is 13.1. The van der Waals surface area contributed by atoms with Crippen LogP contribution >= 0.6 is 0 Å². The molecule has 2 N–H and O–H groups in total. The molecule has 0 atom stereocenters. The Morgan fingerprint density at radius 1 is 1.09 bits per heavy atom. The van der Waals surface area contributed by atoms with Gasteiger partial charge >= 0.3 is 5.63 Å². The number of hydrogen-bond acceptors (Lipinski definition) is 5. The number of nitrogens with one attached hydrogen (secondary N) is 1. The van der Waals surface area contributed by atoms with Crippen molar-refractivity contribution in [1.82, 2.24) is 10.3 Å². The molecule has 0 bridgehead atoms. The SMILES string of the molecule is Cc1c(C)c2ccc(O)c(CNCc3ccncc3)c2oc1=O. The third kappa shape index (κ3) is 2.96. The Hall–Kier alpha value is -2.66. The van der Waals surface area contributed by atoms with E-state index >= 15 is 0 Å². The van der Waals surface area contributed by atoms with Crippen LogP contribution in [0, 0.1) is 13.8 Å². The number of nitrogens with zero attached hydrogens (tertiary/aromatic N) is 1. The average Bonchev–Trinajstić information content (AvgIpc) is 2.56. The van der Waals surface area contributed by atoms with Gasteiger partial charge in [-0.15, -0.1) is 0 Å². The van der Waals surface area contributed by atoms with E-state index in [1.807, 2.05) is 19.1 Å². The third-order valence-electron chi connectivity index (χ3n) is 4.08. The summed E-state index contributed by atoms with van der Waals surface area (Å²) in [6, 6.07) is 7.26. The molecule has 0 radical (unpaired) electrons. The predicted molar refractivity (Wildman–Crippen MR) is 88.4 cm³/mol. The molecule has 3 rings (SSSR count). The van der Waals surface area contributed by atoms with E-state index in [-0.39, 0.29) is 11.4 Å². The Balaban J connectivity index is 1.93. The number of benzene rings is 1. The van der Waals surface area contributed by atoms with E-state index < -0.39 is 0 Å². The highest BCUT2D eigenvalue weighted by Crippen LogP contribution is 2.29. The molecule has 2 heterocycles. The first-order valence-corrected chi connectivity index (χ1v) is 7.42. The highest BCUT2D eigenvalue weighted by molar-refractivity contribution is 5.85. The van der Waals surface area contributed by atoms with Gasteiger partial charge in [-0.3, -0.25) is 4.98 Å². The minimum absolute atomic E-state index is 0.117. The van der Waals surface area contributed by atoms with E-state index in [1.165, 1.54) is 0 Å². The van der Waals surface area contributed by atoms with Crippen molar-refractivity contribution in [2.75, 3.05) is 0 Å². The van der Waals surface area contributed by atoms with Crippen molar-refractivity contribution in [3.05, 3.63) is 69.3 Å². The summed E-state index contributed by atoms with van der Waals surface area (Å²) in [5, 5.41) is 14.2. The van der Waals surface area contributed by atoms with E-state index in [4.69, 9.17) is 4.42 Å². The molecule has 2 aromatic heterocycles. The lowest BCUT2D eigenvalue weighted by Gasteiger charge is -2.11. The van der Waals surface area contributed by atoms with Gasteiger partial charge in [0.05, 0.1) is 5.56 Å². The van der Waals surface area contributed by atoms with Crippen LogP contribution in [0.4, 0.5) is 0 Å². The summed E-state index contributed by atoms with van der Waals surface area (Å²) in [7, 11) is 0. The maximum Gasteiger partial charge on any atom is 0.339 e. The lowest BCUT2D eigenvalue weighted by Crippen LogP contribution is -2.14. The fourth-order valence-electron chi connectivity index (χ4n) is 2.56. The van der Waals surface area contributed by atoms with E-state index in [0.717, 1.165) is 16.5 Å². The Morgan fingerprint density at radius 2 is 1.83 bits per heavy atom. The van der Waals surface area contributed by atoms with Crippen molar-refractivity contribution in [2.45, 2.75) is 26.9 Å². The van der Waals surface area contributed by atoms with Crippen molar-refractivity contribution in [3.63, 3.8) is 0 Å². The highest BCUT2D eigenvalue weighted by Gasteiger charge is 2.14. The molecule has 5 heteroatoms. The van der Waals surface area contributed by atoms with E-state index in [1.54, 1.807) is 31.5 Å². The molecule has 1 aromatic carbocycles. The molecule has 0 unspecified atom stereocenters. The average molecular weight is 310 g/mol. The molecular formula is C18H18N2O3. The molecule has 0 aliphatic rings. The molecule has 3 aromatic rings. The van der Waals surface area contributed by atoms with Crippen LogP contribution in [0.5, 0.6) is 5.75 Å². The summed E-state index contributed by atoms with van der Waals surface area (Å²) in [6.45, 7) is 4.67. The van der Waals surface area contributed by atoms with Crippen LogP contribution in [0.25, 0.3) is 11.0 Å². The molecule has 0 amide bonds. The monoisotopic (exact) mass is 310 g/mol. The number of aryl methyl sites for hydroxylation is 1. The first-order chi connectivity index (χ1) is 11.1. The van der Waals surface area contributed by atoms with E-state index in [0.29, 0.717) is 29.8 Å². The minimum Gasteiger partial charge on any atom is -0.507 e. The molecule has 0 aliphatic heterocycles. The fraction of sp³-hybridized carbons (Fsp3) is 0.222. The van der Waals surface area contributed by atoms with Gasteiger partial charge in [0.25, 0.3) is 0 Å². The normalized spacial score (nSPS) is 11.0. The second-order valence-corrected chi connectivity index (χ2v) is 5.54. The summed E-state index contributed by atoms with van der Waals surface area (Å²) >= 11 is 0. The van der Waals surface area contributed by atoms with Crippen LogP contribution in [-0.4, -0.2) is 10.1 Å². The van der Waals surface area contributed by atoms with Gasteiger partial charge in [0, 0.05) is 36.4 Å². The van der Waals surface area contributed by atoms with Gasteiger partial charge in [0.1, 0.15) is 11.3 Å². The molecule has 0 spiro atoms. The summed E-state index contributed by atoms with van der Waals surface area (Å²) in [6.07, 6.45) is 3.47. The topological polar surface area (TPSA) is 75.4 Å². The van der Waals surface area contributed by atoms with Crippen molar-refractivity contribution >= 4 is 11.0 Å². The fourth-order valence-corrected chi connectivity index (χ4v) is 2.56. The second-order valence-electron chi connectivity index (χ2n) is 5.54. The summed E-state index contributed by atoms with van der Waals surface area (Å²) < 4.78 is 5.42. The Morgan fingerprint density at radius 3 is 2.57 bits per heavy atom. The smallest absolute Gasteiger partial charge is 0.339 e. The van der Waals surface area contributed by atoms with Gasteiger partial charge in [-0.2, -0.15) is 0 Å². The van der Waals surface area contributed by atoms with Crippen LogP contribution in [-0.2, 0) is 13.1 Å². The lowest BCUT2D eigenvalue weighted by molar-refractivity contribution is 0.460. The van der Waals surface area contributed by atoms with Gasteiger partial charge in [0.2, 0.25) is 0 Å². The molecule has 5 nitrogen and oxygen atoms in total. The van der Waals surface area contributed by atoms with Crippen molar-refractivity contribution in [3.8, 4) is 5.75 Å². The van der Waals surface area contributed by atoms with Gasteiger partial charge in [-0.1, -0.05) is 0 Å². The number of aromatic nitrogens is 1. The van der Waals surface area contributed by atoms with Crippen LogP contribution < -0.4 is 10.9 Å². The van der Waals surface area contributed by atoms with E-state index in [9.17, 15) is 9.90 Å². The Bertz CT molecular complexity index is 902. The molecule has 0 saturated heterocycles. The number of phenols is 1. The largest absolute Gasteiger partial charge is 0.507 e. The number of aromatic hydroxyl groups is 1. The lowest BCUT2D eigenvalue weighted by atomic mass is 10.0. The van der Waals surface area contributed by atoms with Crippen molar-refractivity contribution < 1.29 is 9.52 Å². The van der Waals surface area contributed by atoms with E-state index in [2.05, 4.69) is 10.3 Å². The van der Waals surface area contributed by atoms with Crippen LogP contribution in [0.2, 0.25) is 0 Å². The molecule has 118 valence electrons. The molecule has 0 aliphatic carbocycles. The molecule has 23 heavy (non-hydrogen) atoms. The Labute approximate surface area is 133 Å². The predicted octanol–water partition coefficient (Wildman–Crippen LogP) is 2.80. The second kappa shape index (κ2) is 6.22. The van der Waals surface area contributed by atoms with Crippen LogP contribution in [0.1, 0.15) is 22.3 Å². The summed E-state index contributed by atoms with van der Waals surface area (Å²) in [5.41, 5.74) is 3.24. The number of phenolic OH excluding ortho intramolecular Hbond substituents is 1. The first kappa shape index (κ1) is 15.2. The number of fused-ring (bicyclic) bond motifs is 1. The standard InChI is InChI=1S/C18H18N2O3/c1-11-12(2)18(22)23-17-14(11)3-4-16(21)15(17)10-20-9-13-5-7-19-8-6-13/h3-8,20-21H,9-10H2,1-2H3. The maximum atomic E-state index is 11.9. The Kier molecular flexibility index (Phi) is 4.12. The number of pyridine rings is 1. The first-order valence-electron chi connectivity index (χ1n) is 7.42. The third-order valence-corrected chi connectivity index (χ3v) is 4.08. The minimum atomic E-state index is -0.365. The zero-order valence-corrected chi connectivity index (χ0v) is 13.1. The van der Waals surface area contributed by atoms with Gasteiger partial charge in [-0.05, 0) is 49.2 Å². The molecule has 0 saturated carbocycles. The van der Waals surface area contributed by atoms with Gasteiger partial charge < -0.3 is 14.8 Å². The van der Waals surface area contributed by atoms with Crippen LogP contribution in [0.3, 0.4) is 0 Å². The summed E-state index contributed by atoms with van der Waals surface area (Å²) in [5.74, 6) is 0.117. The van der Waals surface area contributed by atoms with Gasteiger partial charge in [-0.25, -0.2) is 4.79 Å². The number of rotatable bonds is 4. The van der Waals surface area contributed by atoms with Gasteiger partial charge in [0.15, 0.2) is 0 Å². The quantitative estimate of drug-likeness (QED) is 0.725. The summed E-state index contributed by atoms with van der Waals surface area (Å²) in [4.78, 5) is 15.9. The van der Waals surface area contributed by atoms with Crippen molar-refractivity contribution in [2.24, 2.45) is 0 Å². The highest BCUT2D eigenvalue weighted by atomic mass is 16.4. The molecule has 0 fully saturated rings. The van der Waals surface area contributed by atoms with Crippen LogP contribution in [0.15, 0.2) is 45.9 Å². The maximum absolute atomic E-state index is 11.9. The van der Waals surface area contributed by atoms with Crippen molar-refractivity contribution in [1.29, 1.82) is 0 Å². The molecular weight excluding hydrogens is 292 g/mol.